The third kappa shape index (κ3) is 7.40. The molecule has 0 spiro atoms. The van der Waals surface area contributed by atoms with E-state index in [9.17, 15) is 9.90 Å². The molecule has 4 N–H and O–H groups in total. The fraction of sp³-hybridized carbons (Fsp3) is 0.857. The van der Waals surface area contributed by atoms with Crippen LogP contribution in [0.1, 0.15) is 39.5 Å². The summed E-state index contributed by atoms with van der Waals surface area (Å²) in [6, 6.07) is 0. The summed E-state index contributed by atoms with van der Waals surface area (Å²) in [5.41, 5.74) is 0.840. The van der Waals surface area contributed by atoms with Crippen molar-refractivity contribution in [1.82, 2.24) is 9.91 Å². The number of nitrogens with two attached hydrogens (primary N) is 1. The molecule has 0 saturated carbocycles. The molecule has 0 aromatic carbocycles. The van der Waals surface area contributed by atoms with Gasteiger partial charge in [-0.15, -0.1) is 0 Å². The smallest absolute Gasteiger partial charge is 0.410 e. The Labute approximate surface area is 126 Å². The highest BCUT2D eigenvalue weighted by atomic mass is 16.6. The maximum Gasteiger partial charge on any atom is 0.410 e. The topological polar surface area (TPSA) is 103 Å². The molecule has 2 fully saturated rings. The van der Waals surface area contributed by atoms with Crippen LogP contribution in [0.4, 0.5) is 4.79 Å². The molecule has 2 rings (SSSR count). The quantitative estimate of drug-likeness (QED) is 0.626. The highest BCUT2D eigenvalue weighted by molar-refractivity contribution is 5.82. The third-order valence-electron chi connectivity index (χ3n) is 3.46. The van der Waals surface area contributed by atoms with E-state index in [1.54, 1.807) is 9.91 Å². The van der Waals surface area contributed by atoms with Gasteiger partial charge in [-0.3, -0.25) is 5.84 Å². The zero-order chi connectivity index (χ0) is 15.8. The molecule has 0 atom stereocenters. The maximum absolute atomic E-state index is 11.3. The van der Waals surface area contributed by atoms with Crippen molar-refractivity contribution < 1.29 is 14.6 Å². The first-order valence-corrected chi connectivity index (χ1v) is 7.58. The minimum atomic E-state index is -0.262. The summed E-state index contributed by atoms with van der Waals surface area (Å²) in [6.45, 7) is 6.59. The lowest BCUT2D eigenvalue weighted by atomic mass is 10.1. The minimum Gasteiger partial charge on any atom is -0.447 e. The Morgan fingerprint density at radius 1 is 1.29 bits per heavy atom. The number of aliphatic hydroxyl groups excluding tert-OH is 1. The summed E-state index contributed by atoms with van der Waals surface area (Å²) < 4.78 is 5.03. The van der Waals surface area contributed by atoms with E-state index in [1.807, 2.05) is 13.8 Å². The Kier molecular flexibility index (Phi) is 7.63. The monoisotopic (exact) mass is 300 g/mol. The molecular formula is C14H28N4O3. The first kappa shape index (κ1) is 17.9. The molecule has 0 aliphatic carbocycles. The van der Waals surface area contributed by atoms with Crippen LogP contribution in [0, 0.1) is 5.41 Å². The number of nitrogens with one attached hydrogen (secondary N) is 1. The molecule has 1 amide bonds. The van der Waals surface area contributed by atoms with Crippen LogP contribution in [0.5, 0.6) is 0 Å². The highest BCUT2D eigenvalue weighted by Gasteiger charge is 2.22. The molecule has 0 unspecified atom stereocenters. The number of amides is 1. The number of rotatable bonds is 1. The van der Waals surface area contributed by atoms with E-state index >= 15 is 0 Å². The average Bonchev–Trinajstić information content (AvgIpc) is 2.43. The highest BCUT2D eigenvalue weighted by Crippen LogP contribution is 2.11. The van der Waals surface area contributed by atoms with Gasteiger partial charge in [-0.1, -0.05) is 0 Å². The van der Waals surface area contributed by atoms with Gasteiger partial charge in [0.1, 0.15) is 0 Å². The van der Waals surface area contributed by atoms with Crippen molar-refractivity contribution in [2.24, 2.45) is 5.84 Å². The molecule has 7 heteroatoms. The number of ether oxygens (including phenoxy) is 1. The number of carbonyl (C=O) groups excluding carboxylic acids is 1. The summed E-state index contributed by atoms with van der Waals surface area (Å²) in [7, 11) is 0. The van der Waals surface area contributed by atoms with E-state index in [-0.39, 0.29) is 18.3 Å². The van der Waals surface area contributed by atoms with Gasteiger partial charge in [0.2, 0.25) is 0 Å². The first-order chi connectivity index (χ1) is 9.88. The van der Waals surface area contributed by atoms with Gasteiger partial charge in [-0.05, 0) is 39.5 Å². The number of aliphatic hydroxyl groups is 1. The predicted molar refractivity (Wildman–Crippen MR) is 81.2 cm³/mol. The van der Waals surface area contributed by atoms with Crippen LogP contribution < -0.4 is 5.84 Å². The second-order valence-electron chi connectivity index (χ2n) is 5.79. The van der Waals surface area contributed by atoms with Gasteiger partial charge in [0, 0.05) is 31.9 Å². The summed E-state index contributed by atoms with van der Waals surface area (Å²) in [4.78, 5) is 13.0. The molecule has 0 radical (unpaired) electrons. The molecule has 122 valence electrons. The molecular weight excluding hydrogens is 272 g/mol. The van der Waals surface area contributed by atoms with Gasteiger partial charge in [0.15, 0.2) is 0 Å². The lowest BCUT2D eigenvalue weighted by Gasteiger charge is -2.29. The summed E-state index contributed by atoms with van der Waals surface area (Å²) in [5, 5.41) is 18.2. The fourth-order valence-electron chi connectivity index (χ4n) is 2.12. The minimum absolute atomic E-state index is 0.0700. The van der Waals surface area contributed by atoms with Gasteiger partial charge < -0.3 is 20.2 Å². The number of piperidine rings is 2. The van der Waals surface area contributed by atoms with Crippen molar-refractivity contribution in [2.75, 3.05) is 26.2 Å². The maximum atomic E-state index is 11.3. The summed E-state index contributed by atoms with van der Waals surface area (Å²) in [6.07, 6.45) is 2.46. The molecule has 7 nitrogen and oxygen atoms in total. The van der Waals surface area contributed by atoms with Gasteiger partial charge in [-0.2, -0.15) is 0 Å². The van der Waals surface area contributed by atoms with E-state index in [0.717, 1.165) is 31.6 Å². The van der Waals surface area contributed by atoms with Gasteiger partial charge in [0.25, 0.3) is 0 Å². The first-order valence-electron chi connectivity index (χ1n) is 7.58. The summed E-state index contributed by atoms with van der Waals surface area (Å²) in [5.74, 6) is 5.43. The number of hydrogen-bond donors (Lipinski definition) is 3. The Morgan fingerprint density at radius 2 is 1.81 bits per heavy atom. The van der Waals surface area contributed by atoms with Crippen molar-refractivity contribution in [3.8, 4) is 0 Å². The lowest BCUT2D eigenvalue weighted by Crippen LogP contribution is -2.41. The largest absolute Gasteiger partial charge is 0.447 e. The van der Waals surface area contributed by atoms with Gasteiger partial charge >= 0.3 is 6.09 Å². The van der Waals surface area contributed by atoms with Gasteiger partial charge in [0.05, 0.1) is 12.2 Å². The van der Waals surface area contributed by atoms with E-state index in [2.05, 4.69) is 0 Å². The summed E-state index contributed by atoms with van der Waals surface area (Å²) >= 11 is 0. The standard InChI is InChI=1S/C9H17NO3.C5H11N3/c1-7(2)13-9(12)10-5-3-8(11)4-6-10;6-5-1-3-8(7)4-2-5/h7-8,11H,3-6H2,1-2H3;6H,1-4,7H2. The number of nitrogens with zero attached hydrogens (tertiary/aromatic N) is 2. The van der Waals surface area contributed by atoms with Crippen molar-refractivity contribution in [1.29, 1.82) is 5.41 Å². The molecule has 0 bridgehead atoms. The lowest BCUT2D eigenvalue weighted by molar-refractivity contribution is 0.0457. The average molecular weight is 300 g/mol. The predicted octanol–water partition coefficient (Wildman–Crippen LogP) is 0.964. The molecule has 21 heavy (non-hydrogen) atoms. The second-order valence-corrected chi connectivity index (χ2v) is 5.79. The van der Waals surface area contributed by atoms with Gasteiger partial charge in [-0.25, -0.2) is 9.80 Å². The number of carbonyl (C=O) groups is 1. The van der Waals surface area contributed by atoms with Crippen molar-refractivity contribution in [3.05, 3.63) is 0 Å². The zero-order valence-corrected chi connectivity index (χ0v) is 13.0. The molecule has 2 aliphatic rings. The Balaban J connectivity index is 0.000000235. The van der Waals surface area contributed by atoms with Crippen LogP contribution in [-0.4, -0.2) is 65.2 Å². The van der Waals surface area contributed by atoms with E-state index in [0.29, 0.717) is 25.9 Å². The Morgan fingerprint density at radius 3 is 2.24 bits per heavy atom. The van der Waals surface area contributed by atoms with E-state index < -0.39 is 0 Å². The van der Waals surface area contributed by atoms with Crippen LogP contribution in [0.25, 0.3) is 0 Å². The zero-order valence-electron chi connectivity index (χ0n) is 13.0. The van der Waals surface area contributed by atoms with Crippen molar-refractivity contribution >= 4 is 11.8 Å². The second kappa shape index (κ2) is 8.96. The SMILES string of the molecule is CC(C)OC(=O)N1CCC(O)CC1.N=C1CCN(N)CC1. The van der Waals surface area contributed by atoms with Crippen LogP contribution >= 0.6 is 0 Å². The molecule has 2 saturated heterocycles. The number of hydrazine groups is 1. The van der Waals surface area contributed by atoms with Crippen LogP contribution in [0.3, 0.4) is 0 Å². The molecule has 0 aromatic rings. The molecule has 2 aliphatic heterocycles. The number of likely N-dealkylation sites (tertiary alicyclic amines) is 1. The number of hydrogen-bond acceptors (Lipinski definition) is 6. The van der Waals surface area contributed by atoms with Crippen LogP contribution in [-0.2, 0) is 4.74 Å². The Hall–Kier alpha value is -1.18. The van der Waals surface area contributed by atoms with E-state index in [1.165, 1.54) is 0 Å². The van der Waals surface area contributed by atoms with Crippen LogP contribution in [0.2, 0.25) is 0 Å². The van der Waals surface area contributed by atoms with Crippen LogP contribution in [0.15, 0.2) is 0 Å². The van der Waals surface area contributed by atoms with E-state index in [4.69, 9.17) is 16.0 Å². The molecule has 2 heterocycles. The normalized spacial score (nSPS) is 21.0. The molecule has 0 aromatic heterocycles. The Bertz CT molecular complexity index is 331. The fourth-order valence-corrected chi connectivity index (χ4v) is 2.12. The third-order valence-corrected chi connectivity index (χ3v) is 3.46. The van der Waals surface area contributed by atoms with Crippen molar-refractivity contribution in [2.45, 2.75) is 51.7 Å². The van der Waals surface area contributed by atoms with Crippen molar-refractivity contribution in [3.63, 3.8) is 0 Å².